The van der Waals surface area contributed by atoms with Crippen molar-refractivity contribution in [3.63, 3.8) is 0 Å². The molecule has 118 valence electrons. The number of nitrogens with one attached hydrogen (secondary N) is 1. The van der Waals surface area contributed by atoms with Crippen molar-refractivity contribution in [2.24, 2.45) is 0 Å². The maximum absolute atomic E-state index is 4.56. The lowest BCUT2D eigenvalue weighted by atomic mass is 9.99. The minimum atomic E-state index is 0.932. The Balaban J connectivity index is 1.81. The largest absolute Gasteiger partial charge is 0.338 e. The number of hydrogen-bond acceptors (Lipinski definition) is 1. The van der Waals surface area contributed by atoms with Crippen LogP contribution in [0.15, 0.2) is 60.8 Å². The van der Waals surface area contributed by atoms with Gasteiger partial charge < -0.3 is 4.98 Å². The molecule has 0 unspecified atom stereocenters. The van der Waals surface area contributed by atoms with Gasteiger partial charge in [0.1, 0.15) is 5.82 Å². The Kier molecular flexibility index (Phi) is 5.25. The Hall–Kier alpha value is -2.35. The molecule has 2 aromatic carbocycles. The maximum atomic E-state index is 4.56. The highest BCUT2D eigenvalue weighted by Gasteiger charge is 2.08. The van der Waals surface area contributed by atoms with Crippen molar-refractivity contribution in [2.75, 3.05) is 0 Å². The van der Waals surface area contributed by atoms with E-state index in [-0.39, 0.29) is 0 Å². The van der Waals surface area contributed by atoms with Gasteiger partial charge in [0.25, 0.3) is 0 Å². The van der Waals surface area contributed by atoms with E-state index in [9.17, 15) is 0 Å². The molecule has 0 aliphatic heterocycles. The summed E-state index contributed by atoms with van der Waals surface area (Å²) in [4.78, 5) is 8.03. The lowest BCUT2D eigenvalue weighted by Gasteiger charge is -2.07. The summed E-state index contributed by atoms with van der Waals surface area (Å²) in [6, 6.07) is 18.9. The van der Waals surface area contributed by atoms with Gasteiger partial charge in [-0.25, -0.2) is 4.98 Å². The fraction of sp³-hybridized carbons (Fsp3) is 0.286. The summed E-state index contributed by atoms with van der Waals surface area (Å²) in [6.45, 7) is 2.25. The zero-order chi connectivity index (χ0) is 15.9. The van der Waals surface area contributed by atoms with Crippen LogP contribution in [-0.2, 0) is 6.42 Å². The third-order valence-corrected chi connectivity index (χ3v) is 4.23. The summed E-state index contributed by atoms with van der Waals surface area (Å²) in [7, 11) is 0. The number of aromatic nitrogens is 2. The van der Waals surface area contributed by atoms with Crippen molar-refractivity contribution in [2.45, 2.75) is 39.0 Å². The van der Waals surface area contributed by atoms with Gasteiger partial charge in [0.15, 0.2) is 0 Å². The van der Waals surface area contributed by atoms with Gasteiger partial charge in [-0.2, -0.15) is 0 Å². The third-order valence-electron chi connectivity index (χ3n) is 4.23. The second-order valence-electron chi connectivity index (χ2n) is 5.98. The van der Waals surface area contributed by atoms with Gasteiger partial charge in [-0.15, -0.1) is 0 Å². The van der Waals surface area contributed by atoms with Crippen LogP contribution in [0.1, 0.15) is 38.2 Å². The molecule has 2 heteroatoms. The van der Waals surface area contributed by atoms with E-state index >= 15 is 0 Å². The number of rotatable bonds is 7. The van der Waals surface area contributed by atoms with Gasteiger partial charge >= 0.3 is 0 Å². The molecule has 1 N–H and O–H groups in total. The molecule has 0 bridgehead atoms. The summed E-state index contributed by atoms with van der Waals surface area (Å²) in [5, 5.41) is 0. The van der Waals surface area contributed by atoms with Crippen LogP contribution in [0.5, 0.6) is 0 Å². The summed E-state index contributed by atoms with van der Waals surface area (Å²) in [5.41, 5.74) is 4.92. The SMILES string of the molecule is CCCCCCc1ccccc1-c1cnc(-c2ccccc2)[nH]1. The quantitative estimate of drug-likeness (QED) is 0.544. The molecule has 3 aromatic rings. The molecule has 3 rings (SSSR count). The molecule has 0 atom stereocenters. The molecule has 1 aromatic heterocycles. The van der Waals surface area contributed by atoms with Gasteiger partial charge in [0, 0.05) is 11.1 Å². The first kappa shape index (κ1) is 15.5. The maximum Gasteiger partial charge on any atom is 0.137 e. The number of nitrogens with zero attached hydrogens (tertiary/aromatic N) is 1. The average Bonchev–Trinajstić information content (AvgIpc) is 3.10. The molecule has 2 nitrogen and oxygen atoms in total. The highest BCUT2D eigenvalue weighted by Crippen LogP contribution is 2.26. The van der Waals surface area contributed by atoms with E-state index < -0.39 is 0 Å². The van der Waals surface area contributed by atoms with Gasteiger partial charge in [-0.3, -0.25) is 0 Å². The molecule has 0 saturated heterocycles. The van der Waals surface area contributed by atoms with Crippen LogP contribution < -0.4 is 0 Å². The predicted octanol–water partition coefficient (Wildman–Crippen LogP) is 5.87. The van der Waals surface area contributed by atoms with E-state index in [1.54, 1.807) is 0 Å². The Bertz CT molecular complexity index is 728. The van der Waals surface area contributed by atoms with E-state index in [4.69, 9.17) is 0 Å². The topological polar surface area (TPSA) is 28.7 Å². The van der Waals surface area contributed by atoms with Crippen molar-refractivity contribution < 1.29 is 0 Å². The minimum Gasteiger partial charge on any atom is -0.338 e. The van der Waals surface area contributed by atoms with Crippen LogP contribution in [0.4, 0.5) is 0 Å². The monoisotopic (exact) mass is 304 g/mol. The number of hydrogen-bond donors (Lipinski definition) is 1. The molecule has 0 spiro atoms. The van der Waals surface area contributed by atoms with E-state index in [1.807, 2.05) is 24.4 Å². The van der Waals surface area contributed by atoms with Crippen LogP contribution in [0, 0.1) is 0 Å². The first-order valence-electron chi connectivity index (χ1n) is 8.57. The number of H-pyrrole nitrogens is 1. The first-order chi connectivity index (χ1) is 11.4. The van der Waals surface area contributed by atoms with E-state index in [0.717, 1.165) is 23.5 Å². The number of unbranched alkanes of at least 4 members (excludes halogenated alkanes) is 3. The minimum absolute atomic E-state index is 0.932. The molecule has 1 heterocycles. The normalized spacial score (nSPS) is 10.8. The predicted molar refractivity (Wildman–Crippen MR) is 97.3 cm³/mol. The molecule has 0 aliphatic carbocycles. The van der Waals surface area contributed by atoms with Crippen molar-refractivity contribution >= 4 is 0 Å². The molecule has 23 heavy (non-hydrogen) atoms. The molecule has 0 aliphatic rings. The molecule has 0 radical (unpaired) electrons. The number of aromatic amines is 1. The Morgan fingerprint density at radius 3 is 2.48 bits per heavy atom. The molecular formula is C21H24N2. The summed E-state index contributed by atoms with van der Waals surface area (Å²) in [5.74, 6) is 0.932. The van der Waals surface area contributed by atoms with Gasteiger partial charge in [0.2, 0.25) is 0 Å². The van der Waals surface area contributed by atoms with Crippen molar-refractivity contribution in [1.29, 1.82) is 0 Å². The van der Waals surface area contributed by atoms with Gasteiger partial charge in [-0.1, -0.05) is 80.8 Å². The van der Waals surface area contributed by atoms with E-state index in [1.165, 1.54) is 36.8 Å². The fourth-order valence-electron chi connectivity index (χ4n) is 2.94. The second-order valence-corrected chi connectivity index (χ2v) is 5.98. The Morgan fingerprint density at radius 2 is 1.65 bits per heavy atom. The molecule has 0 fully saturated rings. The van der Waals surface area contributed by atoms with Crippen molar-refractivity contribution in [3.05, 3.63) is 66.4 Å². The number of aryl methyl sites for hydroxylation is 1. The van der Waals surface area contributed by atoms with Crippen LogP contribution in [0.3, 0.4) is 0 Å². The molecule has 0 amide bonds. The van der Waals surface area contributed by atoms with E-state index in [0.29, 0.717) is 0 Å². The van der Waals surface area contributed by atoms with Gasteiger partial charge in [-0.05, 0) is 18.4 Å². The van der Waals surface area contributed by atoms with Crippen molar-refractivity contribution in [3.8, 4) is 22.6 Å². The van der Waals surface area contributed by atoms with Crippen LogP contribution in [-0.4, -0.2) is 9.97 Å². The highest BCUT2D eigenvalue weighted by atomic mass is 14.9. The smallest absolute Gasteiger partial charge is 0.137 e. The van der Waals surface area contributed by atoms with E-state index in [2.05, 4.69) is 53.3 Å². The van der Waals surface area contributed by atoms with Gasteiger partial charge in [0.05, 0.1) is 11.9 Å². The summed E-state index contributed by atoms with van der Waals surface area (Å²) >= 11 is 0. The highest BCUT2D eigenvalue weighted by molar-refractivity contribution is 5.67. The lowest BCUT2D eigenvalue weighted by molar-refractivity contribution is 0.667. The molecule has 0 saturated carbocycles. The zero-order valence-corrected chi connectivity index (χ0v) is 13.8. The third kappa shape index (κ3) is 3.89. The van der Waals surface area contributed by atoms with Crippen LogP contribution in [0.25, 0.3) is 22.6 Å². The number of imidazole rings is 1. The summed E-state index contributed by atoms with van der Waals surface area (Å²) in [6.07, 6.45) is 8.25. The van der Waals surface area contributed by atoms with Crippen molar-refractivity contribution in [1.82, 2.24) is 9.97 Å². The zero-order valence-electron chi connectivity index (χ0n) is 13.8. The second kappa shape index (κ2) is 7.77. The average molecular weight is 304 g/mol. The van der Waals surface area contributed by atoms with Crippen LogP contribution in [0.2, 0.25) is 0 Å². The Morgan fingerprint density at radius 1 is 0.870 bits per heavy atom. The molecular weight excluding hydrogens is 280 g/mol. The van der Waals surface area contributed by atoms with Crippen LogP contribution >= 0.6 is 0 Å². The first-order valence-corrected chi connectivity index (χ1v) is 8.57. The summed E-state index contributed by atoms with van der Waals surface area (Å²) < 4.78 is 0. The number of benzene rings is 2. The fourth-order valence-corrected chi connectivity index (χ4v) is 2.94. The standard InChI is InChI=1S/C21H24N2/c1-2-3-4-6-11-17-12-9-10-15-19(17)20-16-22-21(23-20)18-13-7-5-8-14-18/h5,7-10,12-16H,2-4,6,11H2,1H3,(H,22,23). The Labute approximate surface area is 138 Å². The lowest BCUT2D eigenvalue weighted by Crippen LogP contribution is -1.91.